The number of piperazine rings is 1. The number of ether oxygens (including phenoxy) is 2. The molecule has 1 aliphatic heterocycles. The van der Waals surface area contributed by atoms with Gasteiger partial charge in [0, 0.05) is 32.7 Å². The van der Waals surface area contributed by atoms with Crippen molar-refractivity contribution in [1.29, 1.82) is 5.26 Å². The minimum atomic E-state index is -0.924. The van der Waals surface area contributed by atoms with Gasteiger partial charge in [0.05, 0.1) is 18.3 Å². The molecule has 1 atom stereocenters. The van der Waals surface area contributed by atoms with E-state index in [0.29, 0.717) is 23.3 Å². The molecule has 1 amide bonds. The fraction of sp³-hybridized carbons (Fsp3) is 0.476. The summed E-state index contributed by atoms with van der Waals surface area (Å²) in [7, 11) is 2.88. The van der Waals surface area contributed by atoms with Gasteiger partial charge in [0.2, 0.25) is 0 Å². The number of hydrogen-bond donors (Lipinski definition) is 0. The van der Waals surface area contributed by atoms with E-state index in [1.807, 2.05) is 6.07 Å². The molecule has 0 N–H and O–H groups in total. The monoisotopic (exact) mass is 427 g/mol. The molecule has 3 heterocycles. The van der Waals surface area contributed by atoms with Crippen LogP contribution in [0.3, 0.4) is 0 Å². The summed E-state index contributed by atoms with van der Waals surface area (Å²) in [5.41, 5.74) is 0.769. The number of anilines is 1. The van der Waals surface area contributed by atoms with Gasteiger partial charge < -0.3 is 18.9 Å². The van der Waals surface area contributed by atoms with Crippen LogP contribution in [0.5, 0.6) is 0 Å². The molecule has 2 aromatic heterocycles. The Morgan fingerprint density at radius 3 is 2.58 bits per heavy atom. The molecule has 1 fully saturated rings. The molecule has 1 unspecified atom stereocenters. The van der Waals surface area contributed by atoms with Crippen LogP contribution >= 0.6 is 0 Å². The van der Waals surface area contributed by atoms with Crippen LogP contribution in [0, 0.1) is 11.3 Å². The number of methoxy groups -OCH3 is 1. The predicted octanol–water partition coefficient (Wildman–Crippen LogP) is 1.40. The molecule has 164 valence electrons. The highest BCUT2D eigenvalue weighted by Crippen LogP contribution is 2.27. The number of fused-ring (bicyclic) bond motifs is 1. The summed E-state index contributed by atoms with van der Waals surface area (Å²) in [5, 5.41) is 9.24. The molecule has 1 aliphatic rings. The molecule has 0 spiro atoms. The molecule has 2 aromatic rings. The Kier molecular flexibility index (Phi) is 5.88. The van der Waals surface area contributed by atoms with Gasteiger partial charge in [-0.2, -0.15) is 5.26 Å². The molecule has 3 rings (SSSR count). The summed E-state index contributed by atoms with van der Waals surface area (Å²) in [6.07, 6.45) is -0.610. The van der Waals surface area contributed by atoms with Crippen LogP contribution in [0.15, 0.2) is 23.0 Å². The van der Waals surface area contributed by atoms with E-state index >= 15 is 0 Å². The molecule has 10 heteroatoms. The van der Waals surface area contributed by atoms with Crippen LogP contribution in [-0.4, -0.2) is 64.9 Å². The maximum atomic E-state index is 12.7. The minimum absolute atomic E-state index is 0.0899. The molecule has 0 bridgehead atoms. The number of amides is 1. The number of carbonyl (C=O) groups is 2. The second kappa shape index (κ2) is 8.26. The summed E-state index contributed by atoms with van der Waals surface area (Å²) in [6.45, 7) is 5.86. The van der Waals surface area contributed by atoms with E-state index in [1.54, 1.807) is 44.9 Å². The van der Waals surface area contributed by atoms with Crippen LogP contribution in [0.4, 0.5) is 10.5 Å². The van der Waals surface area contributed by atoms with Crippen LogP contribution in [0.2, 0.25) is 0 Å². The topological polar surface area (TPSA) is 118 Å². The standard InChI is InChI=1S/C21H25N5O5/c1-21(2,3)31-20(29)26-9-8-25(12-16(26)19(28)30-5)15-10-17(27)24(4)14-7-6-13(11-22)23-18(14)15/h6-7,10,16H,8-9,12H2,1-5H3. The van der Waals surface area contributed by atoms with Crippen molar-refractivity contribution in [3.63, 3.8) is 0 Å². The van der Waals surface area contributed by atoms with Gasteiger partial charge in [-0.25, -0.2) is 14.6 Å². The highest BCUT2D eigenvalue weighted by molar-refractivity contribution is 5.90. The Labute approximate surface area is 179 Å². The van der Waals surface area contributed by atoms with Crippen LogP contribution in [0.1, 0.15) is 26.5 Å². The zero-order chi connectivity index (χ0) is 22.9. The minimum Gasteiger partial charge on any atom is -0.467 e. The van der Waals surface area contributed by atoms with E-state index in [2.05, 4.69) is 4.98 Å². The first-order valence-electron chi connectivity index (χ1n) is 9.79. The van der Waals surface area contributed by atoms with Gasteiger partial charge in [-0.15, -0.1) is 0 Å². The van der Waals surface area contributed by atoms with Crippen molar-refractivity contribution < 1.29 is 19.1 Å². The van der Waals surface area contributed by atoms with Crippen molar-refractivity contribution in [3.05, 3.63) is 34.2 Å². The summed E-state index contributed by atoms with van der Waals surface area (Å²) < 4.78 is 11.8. The summed E-state index contributed by atoms with van der Waals surface area (Å²) >= 11 is 0. The van der Waals surface area contributed by atoms with Crippen LogP contribution in [0.25, 0.3) is 11.0 Å². The first-order valence-corrected chi connectivity index (χ1v) is 9.79. The Morgan fingerprint density at radius 2 is 1.97 bits per heavy atom. The number of nitriles is 1. The number of hydrogen-bond acceptors (Lipinski definition) is 8. The predicted molar refractivity (Wildman–Crippen MR) is 113 cm³/mol. The Morgan fingerprint density at radius 1 is 1.26 bits per heavy atom. The van der Waals surface area contributed by atoms with E-state index in [1.165, 1.54) is 22.6 Å². The summed E-state index contributed by atoms with van der Waals surface area (Å²) in [5.74, 6) is -0.589. The maximum absolute atomic E-state index is 12.7. The second-order valence-corrected chi connectivity index (χ2v) is 8.26. The lowest BCUT2D eigenvalue weighted by atomic mass is 10.1. The molecule has 1 saturated heterocycles. The molecule has 10 nitrogen and oxygen atoms in total. The third kappa shape index (κ3) is 4.45. The molecular weight excluding hydrogens is 402 g/mol. The van der Waals surface area contributed by atoms with E-state index in [0.717, 1.165) is 0 Å². The third-order valence-corrected chi connectivity index (χ3v) is 5.01. The number of nitrogens with zero attached hydrogens (tertiary/aromatic N) is 5. The van der Waals surface area contributed by atoms with Crippen LogP contribution < -0.4 is 10.5 Å². The fourth-order valence-electron chi connectivity index (χ4n) is 3.49. The van der Waals surface area contributed by atoms with Crippen molar-refractivity contribution in [1.82, 2.24) is 14.5 Å². The van der Waals surface area contributed by atoms with Gasteiger partial charge in [-0.05, 0) is 32.9 Å². The van der Waals surface area contributed by atoms with Crippen molar-refractivity contribution in [2.24, 2.45) is 7.05 Å². The van der Waals surface area contributed by atoms with Gasteiger partial charge in [0.25, 0.3) is 5.56 Å². The van der Waals surface area contributed by atoms with Gasteiger partial charge in [0.1, 0.15) is 22.9 Å². The lowest BCUT2D eigenvalue weighted by Crippen LogP contribution is -2.59. The average molecular weight is 427 g/mol. The average Bonchev–Trinajstić information content (AvgIpc) is 2.73. The quantitative estimate of drug-likeness (QED) is 0.660. The van der Waals surface area contributed by atoms with E-state index < -0.39 is 23.7 Å². The maximum Gasteiger partial charge on any atom is 0.411 e. The molecule has 31 heavy (non-hydrogen) atoms. The first-order chi connectivity index (χ1) is 14.6. The van der Waals surface area contributed by atoms with Gasteiger partial charge in [0.15, 0.2) is 6.04 Å². The highest BCUT2D eigenvalue weighted by atomic mass is 16.6. The summed E-state index contributed by atoms with van der Waals surface area (Å²) in [4.78, 5) is 45.2. The highest BCUT2D eigenvalue weighted by Gasteiger charge is 2.39. The van der Waals surface area contributed by atoms with Gasteiger partial charge >= 0.3 is 12.1 Å². The van der Waals surface area contributed by atoms with Gasteiger partial charge in [-0.1, -0.05) is 0 Å². The van der Waals surface area contributed by atoms with Crippen LogP contribution in [-0.2, 0) is 21.3 Å². The fourth-order valence-corrected chi connectivity index (χ4v) is 3.49. The van der Waals surface area contributed by atoms with Crippen molar-refractivity contribution in [2.75, 3.05) is 31.6 Å². The molecule has 0 aliphatic carbocycles. The smallest absolute Gasteiger partial charge is 0.411 e. The molecule has 0 aromatic carbocycles. The number of aryl methyl sites for hydroxylation is 1. The number of rotatable bonds is 2. The van der Waals surface area contributed by atoms with Gasteiger partial charge in [-0.3, -0.25) is 9.69 Å². The largest absolute Gasteiger partial charge is 0.467 e. The van der Waals surface area contributed by atoms with Crippen molar-refractivity contribution in [3.8, 4) is 6.07 Å². The number of aromatic nitrogens is 2. The second-order valence-electron chi connectivity index (χ2n) is 8.26. The Balaban J connectivity index is 2.02. The lowest BCUT2D eigenvalue weighted by molar-refractivity contribution is -0.147. The summed E-state index contributed by atoms with van der Waals surface area (Å²) in [6, 6.07) is 5.72. The SMILES string of the molecule is COC(=O)C1CN(c2cc(=O)n(C)c3ccc(C#N)nc23)CCN1C(=O)OC(C)(C)C. The van der Waals surface area contributed by atoms with Crippen molar-refractivity contribution >= 4 is 28.8 Å². The molecule has 0 saturated carbocycles. The third-order valence-electron chi connectivity index (χ3n) is 5.01. The zero-order valence-electron chi connectivity index (χ0n) is 18.2. The normalized spacial score (nSPS) is 16.7. The lowest BCUT2D eigenvalue weighted by Gasteiger charge is -2.41. The molecular formula is C21H25N5O5. The van der Waals surface area contributed by atoms with Crippen molar-refractivity contribution in [2.45, 2.75) is 32.4 Å². The Bertz CT molecular complexity index is 1130. The van der Waals surface area contributed by atoms with E-state index in [9.17, 15) is 19.6 Å². The zero-order valence-corrected chi connectivity index (χ0v) is 18.2. The molecule has 0 radical (unpaired) electrons. The number of esters is 1. The van der Waals surface area contributed by atoms with E-state index in [-0.39, 0.29) is 24.3 Å². The Hall–Kier alpha value is -3.61. The van der Waals surface area contributed by atoms with E-state index in [4.69, 9.17) is 9.47 Å². The number of carbonyl (C=O) groups excluding carboxylic acids is 2. The first kappa shape index (κ1) is 22.1. The number of pyridine rings is 2.